The number of pyridine rings is 2. The van der Waals surface area contributed by atoms with Crippen molar-refractivity contribution in [2.75, 3.05) is 5.32 Å². The lowest BCUT2D eigenvalue weighted by atomic mass is 10.1. The van der Waals surface area contributed by atoms with Crippen LogP contribution in [0.2, 0.25) is 0 Å². The molecule has 0 spiro atoms. The summed E-state index contributed by atoms with van der Waals surface area (Å²) in [4.78, 5) is 20.0. The molecular weight excluding hydrogens is 328 g/mol. The smallest absolute Gasteiger partial charge is 0.191 e. The van der Waals surface area contributed by atoms with Crippen molar-refractivity contribution in [2.45, 2.75) is 19.9 Å². The SMILES string of the molecule is CC(C)n1cnnc1-c1cccc(Nc2cccc3[nH]ccc(=O)c23)n1. The molecule has 0 radical (unpaired) electrons. The molecule has 3 heterocycles. The number of hydrogen-bond acceptors (Lipinski definition) is 5. The monoisotopic (exact) mass is 346 g/mol. The van der Waals surface area contributed by atoms with Crippen molar-refractivity contribution in [3.05, 3.63) is 65.2 Å². The van der Waals surface area contributed by atoms with E-state index in [9.17, 15) is 4.79 Å². The Balaban J connectivity index is 1.75. The van der Waals surface area contributed by atoms with Gasteiger partial charge < -0.3 is 14.9 Å². The van der Waals surface area contributed by atoms with E-state index < -0.39 is 0 Å². The van der Waals surface area contributed by atoms with Gasteiger partial charge in [-0.3, -0.25) is 4.79 Å². The number of rotatable bonds is 4. The Morgan fingerprint density at radius 3 is 2.81 bits per heavy atom. The van der Waals surface area contributed by atoms with Gasteiger partial charge in [0.2, 0.25) is 0 Å². The first-order valence-corrected chi connectivity index (χ1v) is 8.38. The van der Waals surface area contributed by atoms with Gasteiger partial charge in [-0.05, 0) is 38.1 Å². The Morgan fingerprint density at radius 1 is 1.12 bits per heavy atom. The highest BCUT2D eigenvalue weighted by Gasteiger charge is 2.12. The van der Waals surface area contributed by atoms with Crippen molar-refractivity contribution in [3.63, 3.8) is 0 Å². The lowest BCUT2D eigenvalue weighted by Crippen LogP contribution is -2.06. The average molecular weight is 346 g/mol. The van der Waals surface area contributed by atoms with Crippen LogP contribution in [0.4, 0.5) is 11.5 Å². The van der Waals surface area contributed by atoms with Crippen molar-refractivity contribution in [2.24, 2.45) is 0 Å². The predicted octanol–water partition coefficient (Wildman–Crippen LogP) is 3.51. The van der Waals surface area contributed by atoms with E-state index in [1.807, 2.05) is 41.0 Å². The zero-order chi connectivity index (χ0) is 18.1. The Bertz CT molecular complexity index is 1120. The molecule has 7 nitrogen and oxygen atoms in total. The molecule has 2 N–H and O–H groups in total. The number of aromatic nitrogens is 5. The van der Waals surface area contributed by atoms with Gasteiger partial charge in [0, 0.05) is 18.3 Å². The van der Waals surface area contributed by atoms with Gasteiger partial charge >= 0.3 is 0 Å². The standard InChI is InChI=1S/C19H18N6O/c1-12(2)25-11-21-24-19(25)15-7-4-8-17(23-15)22-14-6-3-5-13-18(14)16(26)9-10-20-13/h3-12H,1-2H3,(H,20,26)(H,22,23). The molecule has 0 bridgehead atoms. The van der Waals surface area contributed by atoms with Crippen LogP contribution in [0.5, 0.6) is 0 Å². The highest BCUT2D eigenvalue weighted by atomic mass is 16.1. The average Bonchev–Trinajstić information content (AvgIpc) is 3.12. The minimum absolute atomic E-state index is 0.0439. The van der Waals surface area contributed by atoms with Crippen LogP contribution in [-0.4, -0.2) is 24.7 Å². The number of benzene rings is 1. The molecular formula is C19H18N6O. The number of nitrogens with zero attached hydrogens (tertiary/aromatic N) is 4. The molecule has 0 fully saturated rings. The predicted molar refractivity (Wildman–Crippen MR) is 101 cm³/mol. The summed E-state index contributed by atoms with van der Waals surface area (Å²) in [6.45, 7) is 4.13. The molecule has 0 unspecified atom stereocenters. The van der Waals surface area contributed by atoms with Crippen LogP contribution in [0.25, 0.3) is 22.4 Å². The third-order valence-corrected chi connectivity index (χ3v) is 4.15. The van der Waals surface area contributed by atoms with Gasteiger partial charge in [0.1, 0.15) is 17.8 Å². The molecule has 130 valence electrons. The highest BCUT2D eigenvalue weighted by Crippen LogP contribution is 2.24. The van der Waals surface area contributed by atoms with Crippen LogP contribution >= 0.6 is 0 Å². The molecule has 0 aliphatic heterocycles. The third kappa shape index (κ3) is 2.83. The summed E-state index contributed by atoms with van der Waals surface area (Å²) < 4.78 is 1.97. The number of anilines is 2. The Kier molecular flexibility index (Phi) is 3.96. The first-order valence-electron chi connectivity index (χ1n) is 8.38. The normalized spacial score (nSPS) is 11.2. The maximum absolute atomic E-state index is 12.3. The second-order valence-electron chi connectivity index (χ2n) is 6.26. The minimum atomic E-state index is -0.0439. The summed E-state index contributed by atoms with van der Waals surface area (Å²) in [5.41, 5.74) is 2.16. The van der Waals surface area contributed by atoms with Crippen LogP contribution in [0.1, 0.15) is 19.9 Å². The number of fused-ring (bicyclic) bond motifs is 1. The van der Waals surface area contributed by atoms with E-state index in [1.54, 1.807) is 12.5 Å². The quantitative estimate of drug-likeness (QED) is 0.590. The summed E-state index contributed by atoms with van der Waals surface area (Å²) in [7, 11) is 0. The first kappa shape index (κ1) is 16.0. The van der Waals surface area contributed by atoms with E-state index in [2.05, 4.69) is 39.3 Å². The molecule has 0 saturated carbocycles. The molecule has 7 heteroatoms. The third-order valence-electron chi connectivity index (χ3n) is 4.15. The van der Waals surface area contributed by atoms with Gasteiger partial charge in [-0.2, -0.15) is 0 Å². The van der Waals surface area contributed by atoms with E-state index >= 15 is 0 Å². The van der Waals surface area contributed by atoms with Gasteiger partial charge in [-0.15, -0.1) is 10.2 Å². The lowest BCUT2D eigenvalue weighted by Gasteiger charge is -2.12. The topological polar surface area (TPSA) is 88.5 Å². The van der Waals surface area contributed by atoms with E-state index in [0.29, 0.717) is 22.7 Å². The van der Waals surface area contributed by atoms with Crippen LogP contribution in [0, 0.1) is 0 Å². The summed E-state index contributed by atoms with van der Waals surface area (Å²) in [6, 6.07) is 13.0. The fraction of sp³-hybridized carbons (Fsp3) is 0.158. The number of H-pyrrole nitrogens is 1. The number of nitrogens with one attached hydrogen (secondary N) is 2. The van der Waals surface area contributed by atoms with Crippen LogP contribution in [0.3, 0.4) is 0 Å². The summed E-state index contributed by atoms with van der Waals surface area (Å²) in [5, 5.41) is 12.0. The molecule has 3 aromatic heterocycles. The Morgan fingerprint density at radius 2 is 1.96 bits per heavy atom. The fourth-order valence-corrected chi connectivity index (χ4v) is 2.90. The van der Waals surface area contributed by atoms with Crippen molar-refractivity contribution in [1.29, 1.82) is 0 Å². The van der Waals surface area contributed by atoms with Crippen LogP contribution in [-0.2, 0) is 0 Å². The first-order chi connectivity index (χ1) is 12.6. The van der Waals surface area contributed by atoms with E-state index in [0.717, 1.165) is 11.2 Å². The molecule has 0 atom stereocenters. The highest BCUT2D eigenvalue weighted by molar-refractivity contribution is 5.92. The van der Waals surface area contributed by atoms with Crippen LogP contribution in [0.15, 0.2) is 59.8 Å². The molecule has 4 aromatic rings. The zero-order valence-corrected chi connectivity index (χ0v) is 14.5. The molecule has 1 aromatic carbocycles. The second-order valence-corrected chi connectivity index (χ2v) is 6.26. The van der Waals surface area contributed by atoms with Crippen molar-refractivity contribution in [3.8, 4) is 11.5 Å². The largest absolute Gasteiger partial charge is 0.361 e. The maximum atomic E-state index is 12.3. The van der Waals surface area contributed by atoms with Gasteiger partial charge in [0.05, 0.1) is 16.6 Å². The van der Waals surface area contributed by atoms with Crippen molar-refractivity contribution in [1.82, 2.24) is 24.7 Å². The molecule has 4 rings (SSSR count). The zero-order valence-electron chi connectivity index (χ0n) is 14.5. The lowest BCUT2D eigenvalue weighted by molar-refractivity contribution is 0.603. The van der Waals surface area contributed by atoms with Gasteiger partial charge in [-0.1, -0.05) is 12.1 Å². The molecule has 0 aliphatic rings. The van der Waals surface area contributed by atoms with Gasteiger partial charge in [0.15, 0.2) is 11.3 Å². The fourth-order valence-electron chi connectivity index (χ4n) is 2.90. The van der Waals surface area contributed by atoms with Gasteiger partial charge in [-0.25, -0.2) is 4.98 Å². The molecule has 0 amide bonds. The minimum Gasteiger partial charge on any atom is -0.361 e. The van der Waals surface area contributed by atoms with Crippen molar-refractivity contribution >= 4 is 22.4 Å². The second kappa shape index (κ2) is 6.44. The summed E-state index contributed by atoms with van der Waals surface area (Å²) >= 11 is 0. The summed E-state index contributed by atoms with van der Waals surface area (Å²) in [5.74, 6) is 1.34. The Labute approximate surface area is 149 Å². The Hall–Kier alpha value is -3.48. The van der Waals surface area contributed by atoms with Gasteiger partial charge in [0.25, 0.3) is 0 Å². The number of hydrogen-bond donors (Lipinski definition) is 2. The molecule has 26 heavy (non-hydrogen) atoms. The summed E-state index contributed by atoms with van der Waals surface area (Å²) in [6.07, 6.45) is 3.35. The van der Waals surface area contributed by atoms with Crippen LogP contribution < -0.4 is 10.7 Å². The van der Waals surface area contributed by atoms with E-state index in [-0.39, 0.29) is 11.5 Å². The molecule has 0 saturated heterocycles. The number of aromatic amines is 1. The van der Waals surface area contributed by atoms with E-state index in [1.165, 1.54) is 6.07 Å². The van der Waals surface area contributed by atoms with Crippen molar-refractivity contribution < 1.29 is 0 Å². The van der Waals surface area contributed by atoms with E-state index in [4.69, 9.17) is 0 Å². The molecule has 0 aliphatic carbocycles. The maximum Gasteiger partial charge on any atom is 0.191 e.